The molecule has 8 heteroatoms. The van der Waals surface area contributed by atoms with E-state index in [1.54, 1.807) is 4.90 Å². The van der Waals surface area contributed by atoms with E-state index < -0.39 is 0 Å². The van der Waals surface area contributed by atoms with E-state index in [0.29, 0.717) is 11.7 Å². The molecule has 0 aliphatic carbocycles. The van der Waals surface area contributed by atoms with Crippen molar-refractivity contribution >= 4 is 45.7 Å². The lowest BCUT2D eigenvalue weighted by Crippen LogP contribution is -2.28. The largest absolute Gasteiger partial charge is 0.311 e. The Labute approximate surface area is 142 Å². The molecule has 2 heterocycles. The molecule has 0 radical (unpaired) electrons. The van der Waals surface area contributed by atoms with E-state index in [9.17, 15) is 9.59 Å². The van der Waals surface area contributed by atoms with Crippen LogP contribution in [-0.4, -0.2) is 34.8 Å². The fourth-order valence-electron chi connectivity index (χ4n) is 2.53. The molecule has 2 amide bonds. The average molecular weight is 348 g/mol. The molecule has 1 saturated heterocycles. The van der Waals surface area contributed by atoms with Gasteiger partial charge in [0.15, 0.2) is 4.34 Å². The van der Waals surface area contributed by atoms with Crippen LogP contribution in [0.15, 0.2) is 28.6 Å². The standard InChI is InChI=1S/C15H16N4O2S2/c1-9-5-3-4-6-11(9)19-8-10(7-12(19)20)13(21)16-14-17-18-15(22-2)23-14/h3-6,10H,7-8H2,1-2H3,(H,16,17,21)/t10-/m0/s1. The Balaban J connectivity index is 1.69. The van der Waals surface area contributed by atoms with Gasteiger partial charge in [0.1, 0.15) is 0 Å². The Morgan fingerprint density at radius 1 is 1.39 bits per heavy atom. The topological polar surface area (TPSA) is 75.2 Å². The summed E-state index contributed by atoms with van der Waals surface area (Å²) in [5.41, 5.74) is 1.89. The zero-order chi connectivity index (χ0) is 16.4. The van der Waals surface area contributed by atoms with Gasteiger partial charge in [-0.1, -0.05) is 41.3 Å². The van der Waals surface area contributed by atoms with Crippen molar-refractivity contribution in [3.05, 3.63) is 29.8 Å². The summed E-state index contributed by atoms with van der Waals surface area (Å²) in [7, 11) is 0. The number of hydrogen-bond donors (Lipinski definition) is 1. The molecule has 23 heavy (non-hydrogen) atoms. The van der Waals surface area contributed by atoms with Crippen molar-refractivity contribution in [1.82, 2.24) is 10.2 Å². The minimum atomic E-state index is -0.372. The lowest BCUT2D eigenvalue weighted by atomic mass is 10.1. The first-order valence-corrected chi connectivity index (χ1v) is 9.17. The molecule has 3 rings (SSSR count). The van der Waals surface area contributed by atoms with Gasteiger partial charge in [-0.2, -0.15) is 0 Å². The van der Waals surface area contributed by atoms with Crippen molar-refractivity contribution in [3.63, 3.8) is 0 Å². The van der Waals surface area contributed by atoms with Gasteiger partial charge in [0, 0.05) is 18.7 Å². The highest BCUT2D eigenvalue weighted by Gasteiger charge is 2.35. The summed E-state index contributed by atoms with van der Waals surface area (Å²) in [6, 6.07) is 7.70. The molecule has 1 aliphatic rings. The number of thioether (sulfide) groups is 1. The highest BCUT2D eigenvalue weighted by atomic mass is 32.2. The molecule has 0 unspecified atom stereocenters. The normalized spacial score (nSPS) is 17.6. The fourth-order valence-corrected chi connectivity index (χ4v) is 3.71. The monoisotopic (exact) mass is 348 g/mol. The minimum absolute atomic E-state index is 0.0264. The summed E-state index contributed by atoms with van der Waals surface area (Å²) in [6.45, 7) is 2.35. The number of anilines is 2. The second-order valence-corrected chi connectivity index (χ2v) is 7.29. The van der Waals surface area contributed by atoms with Crippen LogP contribution in [0.25, 0.3) is 0 Å². The minimum Gasteiger partial charge on any atom is -0.311 e. The number of rotatable bonds is 4. The number of aryl methyl sites for hydroxylation is 1. The third-order valence-corrected chi connectivity index (χ3v) is 5.53. The van der Waals surface area contributed by atoms with Crippen molar-refractivity contribution < 1.29 is 9.59 Å². The number of aromatic nitrogens is 2. The number of hydrogen-bond acceptors (Lipinski definition) is 6. The summed E-state index contributed by atoms with van der Waals surface area (Å²) in [5.74, 6) is -0.580. The molecule has 0 bridgehead atoms. The summed E-state index contributed by atoms with van der Waals surface area (Å²) >= 11 is 2.81. The van der Waals surface area contributed by atoms with E-state index in [1.807, 2.05) is 37.4 Å². The molecule has 120 valence electrons. The summed E-state index contributed by atoms with van der Waals surface area (Å²) < 4.78 is 0.796. The second-order valence-electron chi connectivity index (χ2n) is 5.26. The van der Waals surface area contributed by atoms with Gasteiger partial charge in [0.2, 0.25) is 16.9 Å². The van der Waals surface area contributed by atoms with Gasteiger partial charge in [-0.3, -0.25) is 9.59 Å². The van der Waals surface area contributed by atoms with Crippen LogP contribution < -0.4 is 10.2 Å². The Kier molecular flexibility index (Phi) is 4.63. The molecular formula is C15H16N4O2S2. The van der Waals surface area contributed by atoms with Gasteiger partial charge >= 0.3 is 0 Å². The van der Waals surface area contributed by atoms with Gasteiger partial charge in [-0.15, -0.1) is 10.2 Å². The van der Waals surface area contributed by atoms with Crippen LogP contribution >= 0.6 is 23.1 Å². The van der Waals surface area contributed by atoms with Gasteiger partial charge < -0.3 is 10.2 Å². The Morgan fingerprint density at radius 2 is 2.17 bits per heavy atom. The quantitative estimate of drug-likeness (QED) is 0.679. The molecule has 1 atom stereocenters. The first-order valence-electron chi connectivity index (χ1n) is 7.13. The van der Waals surface area contributed by atoms with Crippen LogP contribution in [0.3, 0.4) is 0 Å². The third kappa shape index (κ3) is 3.37. The molecule has 0 saturated carbocycles. The van der Waals surface area contributed by atoms with Gasteiger partial charge in [-0.25, -0.2) is 0 Å². The van der Waals surface area contributed by atoms with Crippen molar-refractivity contribution in [2.24, 2.45) is 5.92 Å². The number of para-hydroxylation sites is 1. The number of benzene rings is 1. The van der Waals surface area contributed by atoms with Crippen molar-refractivity contribution in [1.29, 1.82) is 0 Å². The van der Waals surface area contributed by atoms with E-state index in [-0.39, 0.29) is 24.2 Å². The molecule has 1 aromatic carbocycles. The van der Waals surface area contributed by atoms with Crippen molar-refractivity contribution in [2.45, 2.75) is 17.7 Å². The molecule has 1 aliphatic heterocycles. The third-order valence-electron chi connectivity index (χ3n) is 3.71. The van der Waals surface area contributed by atoms with Crippen LogP contribution in [0.4, 0.5) is 10.8 Å². The Hall–Kier alpha value is -1.93. The van der Waals surface area contributed by atoms with E-state index in [4.69, 9.17) is 0 Å². The zero-order valence-corrected chi connectivity index (χ0v) is 14.4. The van der Waals surface area contributed by atoms with Gasteiger partial charge in [0.05, 0.1) is 5.92 Å². The lowest BCUT2D eigenvalue weighted by Gasteiger charge is -2.18. The molecule has 6 nitrogen and oxygen atoms in total. The molecule has 2 aromatic rings. The average Bonchev–Trinajstić information content (AvgIpc) is 3.14. The summed E-state index contributed by atoms with van der Waals surface area (Å²) in [6.07, 6.45) is 2.12. The highest BCUT2D eigenvalue weighted by molar-refractivity contribution is 8.00. The van der Waals surface area contributed by atoms with Crippen LogP contribution in [0.1, 0.15) is 12.0 Å². The number of carbonyl (C=O) groups is 2. The molecule has 0 spiro atoms. The summed E-state index contributed by atoms with van der Waals surface area (Å²) in [4.78, 5) is 26.3. The van der Waals surface area contributed by atoms with Crippen molar-refractivity contribution in [2.75, 3.05) is 23.0 Å². The predicted molar refractivity (Wildman–Crippen MR) is 92.0 cm³/mol. The number of nitrogens with one attached hydrogen (secondary N) is 1. The fraction of sp³-hybridized carbons (Fsp3) is 0.333. The van der Waals surface area contributed by atoms with Crippen LogP contribution in [0.2, 0.25) is 0 Å². The van der Waals surface area contributed by atoms with E-state index in [0.717, 1.165) is 15.6 Å². The van der Waals surface area contributed by atoms with Crippen LogP contribution in [-0.2, 0) is 9.59 Å². The maximum atomic E-state index is 12.4. The first kappa shape index (κ1) is 15.9. The van der Waals surface area contributed by atoms with Gasteiger partial charge in [0.25, 0.3) is 0 Å². The lowest BCUT2D eigenvalue weighted by molar-refractivity contribution is -0.122. The zero-order valence-electron chi connectivity index (χ0n) is 12.8. The molecule has 1 N–H and O–H groups in total. The van der Waals surface area contributed by atoms with E-state index in [2.05, 4.69) is 15.5 Å². The van der Waals surface area contributed by atoms with E-state index >= 15 is 0 Å². The maximum absolute atomic E-state index is 12.4. The van der Waals surface area contributed by atoms with Crippen LogP contribution in [0.5, 0.6) is 0 Å². The highest BCUT2D eigenvalue weighted by Crippen LogP contribution is 2.29. The smallest absolute Gasteiger partial charge is 0.231 e. The SMILES string of the molecule is CSc1nnc(NC(=O)[C@H]2CC(=O)N(c3ccccc3C)C2)s1. The predicted octanol–water partition coefficient (Wildman–Crippen LogP) is 2.56. The van der Waals surface area contributed by atoms with Crippen LogP contribution in [0, 0.1) is 12.8 Å². The second kappa shape index (κ2) is 6.67. The first-order chi connectivity index (χ1) is 11.1. The Bertz CT molecular complexity index is 747. The number of amides is 2. The molecule has 1 aromatic heterocycles. The number of carbonyl (C=O) groups excluding carboxylic acids is 2. The number of nitrogens with zero attached hydrogens (tertiary/aromatic N) is 3. The Morgan fingerprint density at radius 3 is 2.87 bits per heavy atom. The van der Waals surface area contributed by atoms with Crippen molar-refractivity contribution in [3.8, 4) is 0 Å². The maximum Gasteiger partial charge on any atom is 0.231 e. The summed E-state index contributed by atoms with van der Waals surface area (Å²) in [5, 5.41) is 11.1. The van der Waals surface area contributed by atoms with Gasteiger partial charge in [-0.05, 0) is 24.8 Å². The van der Waals surface area contributed by atoms with E-state index in [1.165, 1.54) is 23.1 Å². The molecular weight excluding hydrogens is 332 g/mol. The molecule has 1 fully saturated rings.